The van der Waals surface area contributed by atoms with Gasteiger partial charge in [-0.15, -0.1) is 0 Å². The number of anilines is 1. The third-order valence-electron chi connectivity index (χ3n) is 2.82. The van der Waals surface area contributed by atoms with Gasteiger partial charge in [0.15, 0.2) is 5.75 Å². The highest BCUT2D eigenvalue weighted by atomic mass is 79.9. The van der Waals surface area contributed by atoms with E-state index in [0.29, 0.717) is 5.69 Å². The highest BCUT2D eigenvalue weighted by Gasteiger charge is 2.11. The molecule has 1 unspecified atom stereocenters. The van der Waals surface area contributed by atoms with Crippen LogP contribution in [0.25, 0.3) is 10.9 Å². The Morgan fingerprint density at radius 2 is 2.22 bits per heavy atom. The van der Waals surface area contributed by atoms with Gasteiger partial charge >= 0.3 is 0 Å². The summed E-state index contributed by atoms with van der Waals surface area (Å²) in [5, 5.41) is 0.951. The number of rotatable bonds is 4. The number of aromatic nitrogens is 1. The van der Waals surface area contributed by atoms with Crippen molar-refractivity contribution in [2.45, 2.75) is 32.8 Å². The molecule has 1 atom stereocenters. The van der Waals surface area contributed by atoms with Crippen LogP contribution in [0.15, 0.2) is 28.9 Å². The fraction of sp³-hybridized carbons (Fsp3) is 0.357. The van der Waals surface area contributed by atoms with Gasteiger partial charge in [0.25, 0.3) is 0 Å². The lowest BCUT2D eigenvalue weighted by Crippen LogP contribution is -2.12. The van der Waals surface area contributed by atoms with Gasteiger partial charge in [-0.3, -0.25) is 4.98 Å². The Morgan fingerprint density at radius 1 is 1.44 bits per heavy atom. The number of ether oxygens (including phenoxy) is 1. The van der Waals surface area contributed by atoms with Gasteiger partial charge in [0.2, 0.25) is 0 Å². The summed E-state index contributed by atoms with van der Waals surface area (Å²) in [6.07, 6.45) is 3.91. The fourth-order valence-corrected chi connectivity index (χ4v) is 2.32. The van der Waals surface area contributed by atoms with Crippen LogP contribution >= 0.6 is 15.9 Å². The molecule has 1 aromatic carbocycles. The Labute approximate surface area is 115 Å². The number of halogens is 1. The largest absolute Gasteiger partial charge is 0.488 e. The molecule has 2 N–H and O–H groups in total. The maximum absolute atomic E-state index is 5.98. The molecule has 0 fully saturated rings. The predicted molar refractivity (Wildman–Crippen MR) is 78.9 cm³/mol. The average Bonchev–Trinajstić information content (AvgIpc) is 2.33. The summed E-state index contributed by atoms with van der Waals surface area (Å²) in [6.45, 7) is 4.21. The highest BCUT2D eigenvalue weighted by molar-refractivity contribution is 9.10. The van der Waals surface area contributed by atoms with Gasteiger partial charge in [0.1, 0.15) is 0 Å². The normalized spacial score (nSPS) is 12.6. The number of nitrogen functional groups attached to an aromatic ring is 1. The van der Waals surface area contributed by atoms with E-state index in [1.54, 1.807) is 6.20 Å². The minimum Gasteiger partial charge on any atom is -0.488 e. The van der Waals surface area contributed by atoms with Crippen LogP contribution < -0.4 is 10.5 Å². The first-order valence-corrected chi connectivity index (χ1v) is 6.91. The third kappa shape index (κ3) is 2.75. The molecule has 1 aromatic heterocycles. The van der Waals surface area contributed by atoms with Gasteiger partial charge in [0.05, 0.1) is 23.5 Å². The van der Waals surface area contributed by atoms with E-state index in [1.807, 2.05) is 18.2 Å². The third-order valence-corrected chi connectivity index (χ3v) is 3.32. The van der Waals surface area contributed by atoms with E-state index in [0.717, 1.165) is 34.0 Å². The molecule has 0 saturated heterocycles. The van der Waals surface area contributed by atoms with Crippen molar-refractivity contribution in [1.82, 2.24) is 4.98 Å². The van der Waals surface area contributed by atoms with Crippen LogP contribution in [0.5, 0.6) is 5.75 Å². The number of benzene rings is 1. The van der Waals surface area contributed by atoms with Crippen LogP contribution in [-0.2, 0) is 0 Å². The second kappa shape index (κ2) is 5.57. The summed E-state index contributed by atoms with van der Waals surface area (Å²) in [5.41, 5.74) is 7.46. The molecule has 18 heavy (non-hydrogen) atoms. The maximum atomic E-state index is 5.98. The van der Waals surface area contributed by atoms with E-state index in [2.05, 4.69) is 34.8 Å². The number of pyridine rings is 1. The van der Waals surface area contributed by atoms with E-state index in [-0.39, 0.29) is 6.10 Å². The van der Waals surface area contributed by atoms with E-state index in [4.69, 9.17) is 10.5 Å². The van der Waals surface area contributed by atoms with Crippen molar-refractivity contribution in [3.05, 3.63) is 28.9 Å². The van der Waals surface area contributed by atoms with Crippen molar-refractivity contribution in [2.75, 3.05) is 5.73 Å². The molecule has 2 rings (SSSR count). The van der Waals surface area contributed by atoms with Crippen molar-refractivity contribution >= 4 is 32.5 Å². The summed E-state index contributed by atoms with van der Waals surface area (Å²) in [6, 6.07) is 5.91. The molecular formula is C14H17BrN2O. The second-order valence-corrected chi connectivity index (χ2v) is 5.34. The van der Waals surface area contributed by atoms with Gasteiger partial charge in [-0.2, -0.15) is 0 Å². The lowest BCUT2D eigenvalue weighted by Gasteiger charge is -2.17. The molecule has 3 nitrogen and oxygen atoms in total. The number of nitrogens with zero attached hydrogens (tertiary/aromatic N) is 1. The quantitative estimate of drug-likeness (QED) is 0.923. The summed E-state index contributed by atoms with van der Waals surface area (Å²) >= 11 is 3.46. The van der Waals surface area contributed by atoms with E-state index in [9.17, 15) is 0 Å². The van der Waals surface area contributed by atoms with Gasteiger partial charge in [-0.25, -0.2) is 0 Å². The van der Waals surface area contributed by atoms with Crippen LogP contribution in [0, 0.1) is 0 Å². The van der Waals surface area contributed by atoms with Crippen LogP contribution in [0.2, 0.25) is 0 Å². The number of hydrogen-bond donors (Lipinski definition) is 1. The minimum atomic E-state index is 0.155. The first kappa shape index (κ1) is 13.1. The first-order chi connectivity index (χ1) is 8.61. The molecule has 0 amide bonds. The molecule has 4 heteroatoms. The fourth-order valence-electron chi connectivity index (χ4n) is 1.95. The zero-order chi connectivity index (χ0) is 13.1. The molecule has 1 heterocycles. The molecule has 0 bridgehead atoms. The smallest absolute Gasteiger partial charge is 0.153 e. The van der Waals surface area contributed by atoms with Gasteiger partial charge in [-0.1, -0.05) is 29.3 Å². The van der Waals surface area contributed by atoms with Gasteiger partial charge in [-0.05, 0) is 31.5 Å². The van der Waals surface area contributed by atoms with Crippen LogP contribution in [0.1, 0.15) is 26.7 Å². The van der Waals surface area contributed by atoms with E-state index >= 15 is 0 Å². The second-order valence-electron chi connectivity index (χ2n) is 4.42. The average molecular weight is 309 g/mol. The van der Waals surface area contributed by atoms with E-state index < -0.39 is 0 Å². The number of nitrogens with two attached hydrogens (primary N) is 1. The molecule has 2 aromatic rings. The summed E-state index contributed by atoms with van der Waals surface area (Å²) in [5.74, 6) is 0.738. The highest BCUT2D eigenvalue weighted by Crippen LogP contribution is 2.33. The molecule has 0 spiro atoms. The minimum absolute atomic E-state index is 0.155. The Kier molecular flexibility index (Phi) is 4.07. The zero-order valence-electron chi connectivity index (χ0n) is 10.6. The number of fused-ring (bicyclic) bond motifs is 1. The lowest BCUT2D eigenvalue weighted by molar-refractivity contribution is 0.214. The molecule has 0 aliphatic heterocycles. The van der Waals surface area contributed by atoms with Crippen molar-refractivity contribution in [1.29, 1.82) is 0 Å². The summed E-state index contributed by atoms with van der Waals surface area (Å²) in [7, 11) is 0. The molecule has 96 valence electrons. The Morgan fingerprint density at radius 3 is 2.94 bits per heavy atom. The standard InChI is InChI=1S/C14H17BrN2O/c1-3-4-9(2)18-14-11-7-10(15)5-6-13(11)17-8-12(14)16/h5-9H,3-4,16H2,1-2H3. The molecule has 0 aliphatic rings. The van der Waals surface area contributed by atoms with Crippen molar-refractivity contribution in [3.63, 3.8) is 0 Å². The van der Waals surface area contributed by atoms with Crippen LogP contribution in [0.4, 0.5) is 5.69 Å². The molecule has 0 radical (unpaired) electrons. The Bertz CT molecular complexity index is 551. The van der Waals surface area contributed by atoms with Crippen molar-refractivity contribution in [3.8, 4) is 5.75 Å². The molecule has 0 aliphatic carbocycles. The van der Waals surface area contributed by atoms with Gasteiger partial charge in [0, 0.05) is 9.86 Å². The molecule has 0 saturated carbocycles. The predicted octanol–water partition coefficient (Wildman–Crippen LogP) is 4.15. The lowest BCUT2D eigenvalue weighted by atomic mass is 10.2. The van der Waals surface area contributed by atoms with Crippen LogP contribution in [-0.4, -0.2) is 11.1 Å². The topological polar surface area (TPSA) is 48.1 Å². The Balaban J connectivity index is 2.46. The van der Waals surface area contributed by atoms with Gasteiger partial charge < -0.3 is 10.5 Å². The SMILES string of the molecule is CCCC(C)Oc1c(N)cnc2ccc(Br)cc12. The summed E-state index contributed by atoms with van der Waals surface area (Å²) in [4.78, 5) is 4.31. The summed E-state index contributed by atoms with van der Waals surface area (Å²) < 4.78 is 6.96. The van der Waals surface area contributed by atoms with E-state index in [1.165, 1.54) is 0 Å². The Hall–Kier alpha value is -1.29. The monoisotopic (exact) mass is 308 g/mol. The van der Waals surface area contributed by atoms with Crippen LogP contribution in [0.3, 0.4) is 0 Å². The maximum Gasteiger partial charge on any atom is 0.153 e. The zero-order valence-corrected chi connectivity index (χ0v) is 12.2. The molecular weight excluding hydrogens is 292 g/mol. The first-order valence-electron chi connectivity index (χ1n) is 6.12. The van der Waals surface area contributed by atoms with Crippen molar-refractivity contribution < 1.29 is 4.74 Å². The van der Waals surface area contributed by atoms with Crippen molar-refractivity contribution in [2.24, 2.45) is 0 Å². The number of hydrogen-bond acceptors (Lipinski definition) is 3.